The molecule has 1 aliphatic rings. The van der Waals surface area contributed by atoms with Crippen molar-refractivity contribution in [3.05, 3.63) is 59.7 Å². The van der Waals surface area contributed by atoms with Crippen LogP contribution in [-0.2, 0) is 37.9 Å². The highest BCUT2D eigenvalue weighted by molar-refractivity contribution is 5.79. The molecule has 2 aromatic rings. The number of hydrogen-bond donors (Lipinski definition) is 0. The Kier molecular flexibility index (Phi) is 21.9. The Morgan fingerprint density at radius 2 is 0.938 bits per heavy atom. The molecule has 0 saturated heterocycles. The van der Waals surface area contributed by atoms with E-state index >= 15 is 0 Å². The quantitative estimate of drug-likeness (QED) is 0.0881. The lowest BCUT2D eigenvalue weighted by Gasteiger charge is -2.19. The van der Waals surface area contributed by atoms with Gasteiger partial charge in [-0.05, 0) is 28.7 Å². The minimum Gasteiger partial charge on any atom is -0.448 e. The maximum Gasteiger partial charge on any atom is 0.409 e. The second-order valence-electron chi connectivity index (χ2n) is 11.8. The molecule has 270 valence electrons. The topological polar surface area (TPSA) is 94.2 Å². The number of unbranched alkanes of at least 4 members (excludes halogenated alkanes) is 5. The summed E-state index contributed by atoms with van der Waals surface area (Å²) in [6, 6.07) is 16.6. The minimum absolute atomic E-state index is 0.0469. The first-order valence-electron chi connectivity index (χ1n) is 17.8. The van der Waals surface area contributed by atoms with Gasteiger partial charge in [0.2, 0.25) is 0 Å². The molecular formula is C38H59NO9. The predicted molar refractivity (Wildman–Crippen MR) is 187 cm³/mol. The molecule has 0 heterocycles. The molecule has 0 fully saturated rings. The average Bonchev–Trinajstić information content (AvgIpc) is 3.43. The Hall–Kier alpha value is -2.57. The van der Waals surface area contributed by atoms with Gasteiger partial charge in [0.1, 0.15) is 6.61 Å². The van der Waals surface area contributed by atoms with Crippen molar-refractivity contribution in [3.63, 3.8) is 0 Å². The van der Waals surface area contributed by atoms with Crippen LogP contribution in [0.25, 0.3) is 11.1 Å². The maximum atomic E-state index is 12.6. The second-order valence-corrected chi connectivity index (χ2v) is 11.8. The Morgan fingerprint density at radius 3 is 1.42 bits per heavy atom. The number of carbonyl (C=O) groups is 1. The van der Waals surface area contributed by atoms with E-state index in [2.05, 4.69) is 31.2 Å². The Morgan fingerprint density at radius 1 is 0.542 bits per heavy atom. The summed E-state index contributed by atoms with van der Waals surface area (Å²) < 4.78 is 44.5. The van der Waals surface area contributed by atoms with Crippen LogP contribution in [0.2, 0.25) is 0 Å². The maximum absolute atomic E-state index is 12.6. The van der Waals surface area contributed by atoms with Crippen LogP contribution in [0.3, 0.4) is 0 Å². The summed E-state index contributed by atoms with van der Waals surface area (Å²) in [6.07, 6.45) is 7.31. The van der Waals surface area contributed by atoms with Crippen molar-refractivity contribution >= 4 is 6.09 Å². The summed E-state index contributed by atoms with van der Waals surface area (Å²) in [6.45, 7) is 10.5. The smallest absolute Gasteiger partial charge is 0.409 e. The largest absolute Gasteiger partial charge is 0.448 e. The van der Waals surface area contributed by atoms with Crippen molar-refractivity contribution in [1.82, 2.24) is 4.90 Å². The second kappa shape index (κ2) is 26.3. The van der Waals surface area contributed by atoms with E-state index in [0.717, 1.165) is 13.0 Å². The van der Waals surface area contributed by atoms with Gasteiger partial charge in [0.15, 0.2) is 0 Å². The molecule has 48 heavy (non-hydrogen) atoms. The van der Waals surface area contributed by atoms with E-state index in [9.17, 15) is 4.79 Å². The zero-order valence-electron chi connectivity index (χ0n) is 29.4. The van der Waals surface area contributed by atoms with Crippen LogP contribution >= 0.6 is 0 Å². The SMILES string of the molecule is CCCCCCCCOCCOCCOCCOCCOCCOCCOCCN(C)C(=O)OCC1c2ccccc2-c2ccccc21. The van der Waals surface area contributed by atoms with Gasteiger partial charge in [-0.15, -0.1) is 0 Å². The fourth-order valence-corrected chi connectivity index (χ4v) is 5.40. The molecule has 0 unspecified atom stereocenters. The minimum atomic E-state index is -0.356. The first-order valence-corrected chi connectivity index (χ1v) is 17.8. The lowest BCUT2D eigenvalue weighted by atomic mass is 9.98. The van der Waals surface area contributed by atoms with E-state index in [0.29, 0.717) is 99.0 Å². The summed E-state index contributed by atoms with van der Waals surface area (Å²) in [5.41, 5.74) is 4.82. The van der Waals surface area contributed by atoms with Crippen LogP contribution in [0.5, 0.6) is 0 Å². The molecule has 1 amide bonds. The highest BCUT2D eigenvalue weighted by Crippen LogP contribution is 2.44. The van der Waals surface area contributed by atoms with Crippen LogP contribution in [0.4, 0.5) is 4.79 Å². The first-order chi connectivity index (χ1) is 23.7. The van der Waals surface area contributed by atoms with Crippen LogP contribution in [0, 0.1) is 0 Å². The van der Waals surface area contributed by atoms with Gasteiger partial charge in [-0.2, -0.15) is 0 Å². The van der Waals surface area contributed by atoms with Crippen LogP contribution in [0.15, 0.2) is 48.5 Å². The Labute approximate surface area is 288 Å². The van der Waals surface area contributed by atoms with Gasteiger partial charge in [0.05, 0.1) is 85.9 Å². The molecule has 0 aliphatic heterocycles. The van der Waals surface area contributed by atoms with Crippen molar-refractivity contribution in [1.29, 1.82) is 0 Å². The number of fused-ring (bicyclic) bond motifs is 3. The highest BCUT2D eigenvalue weighted by Gasteiger charge is 2.29. The van der Waals surface area contributed by atoms with Gasteiger partial charge in [0.25, 0.3) is 0 Å². The van der Waals surface area contributed by atoms with E-state index in [-0.39, 0.29) is 12.0 Å². The molecule has 0 bridgehead atoms. The van der Waals surface area contributed by atoms with Gasteiger partial charge in [-0.1, -0.05) is 87.6 Å². The zero-order valence-corrected chi connectivity index (χ0v) is 29.4. The number of rotatable bonds is 30. The highest BCUT2D eigenvalue weighted by atomic mass is 16.6. The molecule has 3 rings (SSSR count). The van der Waals surface area contributed by atoms with Crippen molar-refractivity contribution < 1.29 is 42.7 Å². The average molecular weight is 674 g/mol. The lowest BCUT2D eigenvalue weighted by Crippen LogP contribution is -2.32. The first kappa shape index (κ1) is 39.9. The van der Waals surface area contributed by atoms with E-state index in [1.807, 2.05) is 24.3 Å². The van der Waals surface area contributed by atoms with Crippen molar-refractivity contribution in [2.45, 2.75) is 51.4 Å². The van der Waals surface area contributed by atoms with Gasteiger partial charge in [-0.3, -0.25) is 0 Å². The molecule has 0 radical (unpaired) electrons. The number of amides is 1. The summed E-state index contributed by atoms with van der Waals surface area (Å²) in [5.74, 6) is 0.0469. The molecule has 0 aromatic heterocycles. The Bertz CT molecular complexity index is 1060. The molecule has 0 N–H and O–H groups in total. The molecule has 2 aromatic carbocycles. The van der Waals surface area contributed by atoms with Crippen LogP contribution in [0.1, 0.15) is 62.5 Å². The molecule has 10 heteroatoms. The summed E-state index contributed by atoms with van der Waals surface area (Å²) >= 11 is 0. The third kappa shape index (κ3) is 16.2. The molecule has 0 spiro atoms. The molecule has 0 atom stereocenters. The standard InChI is InChI=1S/C38H59NO9/c1-3-4-5-6-7-12-18-41-20-22-43-24-26-45-28-30-47-31-29-46-27-25-44-23-21-42-19-17-39(2)38(40)48-32-37-35-15-10-8-13-33(35)34-14-9-11-16-36(34)37/h8-11,13-16,37H,3-7,12,17-32H2,1-2H3. The van der Waals surface area contributed by atoms with Crippen LogP contribution < -0.4 is 0 Å². The fourth-order valence-electron chi connectivity index (χ4n) is 5.40. The zero-order chi connectivity index (χ0) is 33.9. The van der Waals surface area contributed by atoms with Crippen LogP contribution in [-0.4, -0.2) is 124 Å². The molecule has 10 nitrogen and oxygen atoms in total. The molecule has 0 saturated carbocycles. The van der Waals surface area contributed by atoms with E-state index in [1.165, 1.54) is 54.4 Å². The number of hydrogen-bond acceptors (Lipinski definition) is 9. The van der Waals surface area contributed by atoms with Crippen molar-refractivity contribution in [2.24, 2.45) is 0 Å². The number of likely N-dealkylation sites (N-methyl/N-ethyl adjacent to an activating group) is 1. The van der Waals surface area contributed by atoms with Gasteiger partial charge >= 0.3 is 6.09 Å². The lowest BCUT2D eigenvalue weighted by molar-refractivity contribution is -0.0209. The fraction of sp³-hybridized carbons (Fsp3) is 0.658. The third-order valence-corrected chi connectivity index (χ3v) is 8.09. The summed E-state index contributed by atoms with van der Waals surface area (Å²) in [4.78, 5) is 14.1. The summed E-state index contributed by atoms with van der Waals surface area (Å²) in [5, 5.41) is 0. The third-order valence-electron chi connectivity index (χ3n) is 8.09. The number of carbonyl (C=O) groups excluding carboxylic acids is 1. The Balaban J connectivity index is 1.02. The van der Waals surface area contributed by atoms with E-state index < -0.39 is 0 Å². The van der Waals surface area contributed by atoms with Gasteiger partial charge in [-0.25, -0.2) is 4.79 Å². The molecular weight excluding hydrogens is 614 g/mol. The normalized spacial score (nSPS) is 12.3. The number of benzene rings is 2. The van der Waals surface area contributed by atoms with E-state index in [4.69, 9.17) is 37.9 Å². The van der Waals surface area contributed by atoms with E-state index in [1.54, 1.807) is 11.9 Å². The predicted octanol–water partition coefficient (Wildman–Crippen LogP) is 6.34. The monoisotopic (exact) mass is 673 g/mol. The molecule has 1 aliphatic carbocycles. The van der Waals surface area contributed by atoms with Crippen molar-refractivity contribution in [2.75, 3.05) is 113 Å². The number of ether oxygens (including phenoxy) is 8. The van der Waals surface area contributed by atoms with Crippen molar-refractivity contribution in [3.8, 4) is 11.1 Å². The number of nitrogens with zero attached hydrogens (tertiary/aromatic N) is 1. The summed E-state index contributed by atoms with van der Waals surface area (Å²) in [7, 11) is 1.72. The van der Waals surface area contributed by atoms with Gasteiger partial charge in [0, 0.05) is 26.1 Å². The van der Waals surface area contributed by atoms with Gasteiger partial charge < -0.3 is 42.8 Å².